The van der Waals surface area contributed by atoms with Crippen molar-refractivity contribution in [3.05, 3.63) is 41.8 Å². The second-order valence-corrected chi connectivity index (χ2v) is 15.4. The van der Waals surface area contributed by atoms with E-state index in [1.807, 2.05) is 55.6 Å². The highest BCUT2D eigenvalue weighted by molar-refractivity contribution is 7.17. The molecule has 3 aromatic heterocycles. The van der Waals surface area contributed by atoms with Crippen molar-refractivity contribution in [2.75, 3.05) is 11.9 Å². The number of carbonyl (C=O) groups is 4. The number of carboxylic acid groups (broad SMARTS) is 1. The average molecular weight is 748 g/mol. The van der Waals surface area contributed by atoms with E-state index in [1.54, 1.807) is 0 Å². The van der Waals surface area contributed by atoms with Crippen LogP contribution in [-0.2, 0) is 19.1 Å². The molecule has 0 aromatic carbocycles. The van der Waals surface area contributed by atoms with Gasteiger partial charge in [-0.05, 0) is 94.7 Å². The van der Waals surface area contributed by atoms with Crippen LogP contribution >= 0.6 is 11.3 Å². The van der Waals surface area contributed by atoms with Gasteiger partial charge < -0.3 is 35.8 Å². The summed E-state index contributed by atoms with van der Waals surface area (Å²) in [6.45, 7) is 4.13. The molecular formula is C38H49N7O7S. The van der Waals surface area contributed by atoms with Gasteiger partial charge in [0.1, 0.15) is 40.5 Å². The van der Waals surface area contributed by atoms with Crippen molar-refractivity contribution >= 4 is 51.2 Å². The van der Waals surface area contributed by atoms with Crippen LogP contribution in [0.5, 0.6) is 5.88 Å². The van der Waals surface area contributed by atoms with Crippen molar-refractivity contribution in [1.29, 1.82) is 0 Å². The molecule has 0 bridgehead atoms. The number of alkyl carbamates (subject to hydrolysis) is 1. The zero-order valence-electron chi connectivity index (χ0n) is 30.2. The van der Waals surface area contributed by atoms with Crippen LogP contribution in [0.2, 0.25) is 0 Å². The third-order valence-corrected chi connectivity index (χ3v) is 10.8. The molecule has 3 aliphatic rings. The van der Waals surface area contributed by atoms with Gasteiger partial charge in [0.15, 0.2) is 5.82 Å². The number of thiophene rings is 1. The molecule has 14 nitrogen and oxygen atoms in total. The number of pyridine rings is 1. The molecule has 284 valence electrons. The largest absolute Gasteiger partial charge is 0.481 e. The first-order valence-corrected chi connectivity index (χ1v) is 19.6. The maximum Gasteiger partial charge on any atom is 0.408 e. The summed E-state index contributed by atoms with van der Waals surface area (Å²) in [6, 6.07) is 5.79. The topological polar surface area (TPSA) is 199 Å². The van der Waals surface area contributed by atoms with Crippen LogP contribution in [0.1, 0.15) is 84.5 Å². The molecule has 5 atom stereocenters. The van der Waals surface area contributed by atoms with Crippen molar-refractivity contribution in [2.24, 2.45) is 17.6 Å². The average Bonchev–Trinajstić information content (AvgIpc) is 3.45. The first-order chi connectivity index (χ1) is 25.5. The fourth-order valence-corrected chi connectivity index (χ4v) is 7.84. The number of nitrogens with one attached hydrogen (secondary N) is 2. The number of aromatic nitrogens is 3. The predicted octanol–water partition coefficient (Wildman–Crippen LogP) is 5.67. The summed E-state index contributed by atoms with van der Waals surface area (Å²) in [4.78, 5) is 66.6. The van der Waals surface area contributed by atoms with E-state index in [0.29, 0.717) is 48.0 Å². The summed E-state index contributed by atoms with van der Waals surface area (Å²) in [5, 5.41) is 17.1. The molecule has 53 heavy (non-hydrogen) atoms. The highest BCUT2D eigenvalue weighted by Gasteiger charge is 2.43. The maximum absolute atomic E-state index is 14.2. The van der Waals surface area contributed by atoms with Crippen LogP contribution in [0, 0.1) is 11.8 Å². The number of nitrogens with zero attached hydrogens (tertiary/aromatic N) is 4. The summed E-state index contributed by atoms with van der Waals surface area (Å²) >= 11 is 1.43. The van der Waals surface area contributed by atoms with E-state index >= 15 is 0 Å². The molecule has 0 spiro atoms. The molecule has 6 rings (SSSR count). The number of rotatable bonds is 17. The summed E-state index contributed by atoms with van der Waals surface area (Å²) in [5.74, 6) is -0.572. The van der Waals surface area contributed by atoms with Gasteiger partial charge in [0, 0.05) is 12.5 Å². The number of ether oxygens (including phenoxy) is 2. The van der Waals surface area contributed by atoms with Gasteiger partial charge in [-0.1, -0.05) is 31.1 Å². The zero-order valence-corrected chi connectivity index (χ0v) is 31.1. The SMILES string of the molecule is CC(C)Nc1cccc(-c2nc(O[C@@H]3C[C@@H](C(N)=O)N(C(=O)[C@H](CCCCC/C=C\[C@@H]4C[C@@H]4C(=O)O)NC(=O)OC4CCCC4)C3)c3sccc3n2)n1. The van der Waals surface area contributed by atoms with Crippen molar-refractivity contribution in [3.8, 4) is 17.4 Å². The third kappa shape index (κ3) is 10.0. The Labute approximate surface area is 312 Å². The molecule has 2 saturated carbocycles. The number of amides is 3. The van der Waals surface area contributed by atoms with Gasteiger partial charge in [-0.2, -0.15) is 4.98 Å². The van der Waals surface area contributed by atoms with Crippen LogP contribution in [0.4, 0.5) is 10.6 Å². The van der Waals surface area contributed by atoms with Crippen LogP contribution in [-0.4, -0.2) is 85.7 Å². The van der Waals surface area contributed by atoms with Crippen LogP contribution in [0.3, 0.4) is 0 Å². The first kappa shape index (κ1) is 38.0. The number of aliphatic carboxylic acids is 1. The predicted molar refractivity (Wildman–Crippen MR) is 200 cm³/mol. The van der Waals surface area contributed by atoms with Crippen molar-refractivity contribution in [1.82, 2.24) is 25.2 Å². The van der Waals surface area contributed by atoms with E-state index in [1.165, 1.54) is 16.2 Å². The Morgan fingerprint density at radius 3 is 2.60 bits per heavy atom. The highest BCUT2D eigenvalue weighted by Crippen LogP contribution is 2.40. The van der Waals surface area contributed by atoms with Gasteiger partial charge in [0.2, 0.25) is 17.7 Å². The monoisotopic (exact) mass is 747 g/mol. The third-order valence-electron chi connectivity index (χ3n) is 9.91. The lowest BCUT2D eigenvalue weighted by atomic mass is 10.0. The number of likely N-dealkylation sites (tertiary alicyclic amines) is 1. The summed E-state index contributed by atoms with van der Waals surface area (Å²) < 4.78 is 12.8. The van der Waals surface area contributed by atoms with Crippen LogP contribution in [0.25, 0.3) is 21.7 Å². The number of hydrogen-bond donors (Lipinski definition) is 4. The van der Waals surface area contributed by atoms with Gasteiger partial charge in [0.05, 0.1) is 18.0 Å². The Kier molecular flexibility index (Phi) is 12.4. The molecule has 0 radical (unpaired) electrons. The molecule has 5 N–H and O–H groups in total. The number of unbranched alkanes of at least 4 members (excludes halogenated alkanes) is 3. The second kappa shape index (κ2) is 17.4. The molecule has 2 aliphatic carbocycles. The number of fused-ring (bicyclic) bond motifs is 1. The molecule has 0 unspecified atom stereocenters. The lowest BCUT2D eigenvalue weighted by Crippen LogP contribution is -2.53. The molecule has 1 aliphatic heterocycles. The van der Waals surface area contributed by atoms with Crippen molar-refractivity contribution in [3.63, 3.8) is 0 Å². The number of allylic oxidation sites excluding steroid dienone is 2. The summed E-state index contributed by atoms with van der Waals surface area (Å²) in [7, 11) is 0. The second-order valence-electron chi connectivity index (χ2n) is 14.5. The Morgan fingerprint density at radius 1 is 1.06 bits per heavy atom. The Bertz CT molecular complexity index is 1810. The highest BCUT2D eigenvalue weighted by atomic mass is 32.1. The minimum atomic E-state index is -0.939. The quantitative estimate of drug-likeness (QED) is 0.0980. The summed E-state index contributed by atoms with van der Waals surface area (Å²) in [5.41, 5.74) is 7.11. The number of hydrogen-bond acceptors (Lipinski definition) is 11. The molecule has 3 amide bonds. The lowest BCUT2D eigenvalue weighted by molar-refractivity contribution is -0.139. The first-order valence-electron chi connectivity index (χ1n) is 18.7. The van der Waals surface area contributed by atoms with Gasteiger partial charge in [-0.25, -0.2) is 14.8 Å². The fraction of sp³-hybridized carbons (Fsp3) is 0.553. The van der Waals surface area contributed by atoms with Crippen LogP contribution in [0.15, 0.2) is 41.8 Å². The van der Waals surface area contributed by atoms with Gasteiger partial charge in [0.25, 0.3) is 0 Å². The lowest BCUT2D eigenvalue weighted by Gasteiger charge is -2.28. The van der Waals surface area contributed by atoms with Gasteiger partial charge in [-0.3, -0.25) is 14.4 Å². The minimum absolute atomic E-state index is 0.0733. The molecule has 1 saturated heterocycles. The van der Waals surface area contributed by atoms with E-state index in [9.17, 15) is 19.2 Å². The van der Waals surface area contributed by atoms with Crippen LogP contribution < -0.4 is 21.1 Å². The Balaban J connectivity index is 1.13. The van der Waals surface area contributed by atoms with E-state index in [0.717, 1.165) is 49.6 Å². The van der Waals surface area contributed by atoms with Gasteiger partial charge >= 0.3 is 12.1 Å². The normalized spacial score (nSPS) is 22.0. The summed E-state index contributed by atoms with van der Waals surface area (Å²) in [6.07, 6.45) is 10.4. The van der Waals surface area contributed by atoms with Crippen molar-refractivity contribution in [2.45, 2.75) is 115 Å². The molecular weight excluding hydrogens is 699 g/mol. The fourth-order valence-electron chi connectivity index (χ4n) is 7.08. The van der Waals surface area contributed by atoms with Crippen molar-refractivity contribution < 1.29 is 33.8 Å². The number of nitrogens with two attached hydrogens (primary N) is 1. The molecule has 15 heteroatoms. The Hall–Kier alpha value is -4.79. The molecule has 3 fully saturated rings. The van der Waals surface area contributed by atoms with E-state index < -0.39 is 42.1 Å². The van der Waals surface area contributed by atoms with E-state index in [-0.39, 0.29) is 36.9 Å². The number of anilines is 1. The zero-order chi connectivity index (χ0) is 37.5. The van der Waals surface area contributed by atoms with E-state index in [2.05, 4.69) is 15.6 Å². The molecule has 4 heterocycles. The Morgan fingerprint density at radius 2 is 1.87 bits per heavy atom. The molecule has 3 aromatic rings. The standard InChI is InChI=1S/C38H49N7O7S/c1-22(2)40-31-16-10-15-28(41-31)34-42-27-17-18-53-32(27)35(44-34)51-25-20-30(33(39)46)45(21-25)36(47)29(43-38(50)52-24-12-8-9-13-24)14-7-5-3-4-6-11-23-19-26(23)37(48)49/h6,10-11,15-18,22-26,29-30H,3-5,7-9,12-14,19-21H2,1-2H3,(H2,39,46)(H,40,41)(H,43,50)(H,48,49)/b11-6-/t23-,25-,26+,29+,30+/m1/s1. The van der Waals surface area contributed by atoms with E-state index in [4.69, 9.17) is 30.3 Å². The van der Waals surface area contributed by atoms with Gasteiger partial charge in [-0.15, -0.1) is 11.3 Å². The maximum atomic E-state index is 14.2. The number of primary amides is 1. The number of carbonyl (C=O) groups excluding carboxylic acids is 3. The minimum Gasteiger partial charge on any atom is -0.481 e. The number of carboxylic acids is 1. The smallest absolute Gasteiger partial charge is 0.408 e.